The fourth-order valence-electron chi connectivity index (χ4n) is 2.84. The first-order valence-electron chi connectivity index (χ1n) is 8.95. The molecule has 0 bridgehead atoms. The van der Waals surface area contributed by atoms with Crippen LogP contribution in [0.4, 0.5) is 0 Å². The van der Waals surface area contributed by atoms with E-state index in [4.69, 9.17) is 21.1 Å². The molecule has 4 unspecified atom stereocenters. The van der Waals surface area contributed by atoms with Gasteiger partial charge in [0.05, 0.1) is 6.61 Å². The van der Waals surface area contributed by atoms with Crippen molar-refractivity contribution in [2.24, 2.45) is 5.73 Å². The maximum Gasteiger partial charge on any atom is 0.327 e. The number of aliphatic carboxylic acids is 2. The van der Waals surface area contributed by atoms with Gasteiger partial charge in [0.25, 0.3) is 0 Å². The maximum atomic E-state index is 12.9. The van der Waals surface area contributed by atoms with Gasteiger partial charge in [-0.25, -0.2) is 4.79 Å². The summed E-state index contributed by atoms with van der Waals surface area (Å²) < 4.78 is 0. The predicted molar refractivity (Wildman–Crippen MR) is 102 cm³/mol. The van der Waals surface area contributed by atoms with Crippen LogP contribution in [0.15, 0.2) is 0 Å². The van der Waals surface area contributed by atoms with Crippen molar-refractivity contribution >= 4 is 42.3 Å². The quantitative estimate of drug-likeness (QED) is 0.167. The van der Waals surface area contributed by atoms with Crippen molar-refractivity contribution in [2.45, 2.75) is 49.9 Å². The molecular weight excluding hydrogens is 408 g/mol. The standard InChI is InChI=1S/C16H26N4O8S/c17-8(6-21)13(24)18-9(3-4-12(22)23)15(26)20-5-1-2-11(20)14(25)19-10(7-29)16(27)28/h8-11,21,29H,1-7,17H2,(H,18,24)(H,19,25)(H,22,23)(H,27,28). The molecule has 13 heteroatoms. The van der Waals surface area contributed by atoms with Crippen molar-refractivity contribution < 1.29 is 39.3 Å². The number of carbonyl (C=O) groups is 5. The number of carbonyl (C=O) groups excluding carboxylic acids is 3. The highest BCUT2D eigenvalue weighted by Gasteiger charge is 2.39. The third-order valence-corrected chi connectivity index (χ3v) is 4.80. The van der Waals surface area contributed by atoms with Crippen LogP contribution in [0.25, 0.3) is 0 Å². The summed E-state index contributed by atoms with van der Waals surface area (Å²) in [6.07, 6.45) is 0.0954. The Morgan fingerprint density at radius 1 is 1.14 bits per heavy atom. The van der Waals surface area contributed by atoms with E-state index in [0.717, 1.165) is 0 Å². The van der Waals surface area contributed by atoms with Crippen molar-refractivity contribution in [2.75, 3.05) is 18.9 Å². The fraction of sp³-hybridized carbons (Fsp3) is 0.688. The topological polar surface area (TPSA) is 199 Å². The minimum Gasteiger partial charge on any atom is -0.481 e. The number of nitrogens with two attached hydrogens (primary N) is 1. The van der Waals surface area contributed by atoms with Crippen molar-refractivity contribution in [3.8, 4) is 0 Å². The molecule has 0 aromatic rings. The molecule has 1 fully saturated rings. The minimum atomic E-state index is -1.29. The number of hydrogen-bond acceptors (Lipinski definition) is 8. The van der Waals surface area contributed by atoms with Crippen molar-refractivity contribution in [3.63, 3.8) is 0 Å². The van der Waals surface area contributed by atoms with Crippen LogP contribution in [0.3, 0.4) is 0 Å². The van der Waals surface area contributed by atoms with E-state index < -0.39 is 66.9 Å². The lowest BCUT2D eigenvalue weighted by molar-refractivity contribution is -0.144. The van der Waals surface area contributed by atoms with Gasteiger partial charge in [0.1, 0.15) is 24.2 Å². The molecule has 4 atom stereocenters. The van der Waals surface area contributed by atoms with Crippen LogP contribution in [0.5, 0.6) is 0 Å². The first kappa shape index (κ1) is 24.7. The molecule has 0 aromatic carbocycles. The number of thiol groups is 1. The van der Waals surface area contributed by atoms with Gasteiger partial charge in [-0.1, -0.05) is 0 Å². The van der Waals surface area contributed by atoms with Gasteiger partial charge in [-0.3, -0.25) is 19.2 Å². The van der Waals surface area contributed by atoms with Crippen LogP contribution in [-0.4, -0.2) is 93.0 Å². The summed E-state index contributed by atoms with van der Waals surface area (Å²) in [7, 11) is 0. The van der Waals surface area contributed by atoms with Gasteiger partial charge in [0.2, 0.25) is 17.7 Å². The zero-order valence-corrected chi connectivity index (χ0v) is 16.5. The van der Waals surface area contributed by atoms with E-state index in [1.807, 2.05) is 0 Å². The normalized spacial score (nSPS) is 19.1. The molecule has 0 aromatic heterocycles. The molecule has 164 valence electrons. The number of carboxylic acid groups (broad SMARTS) is 2. The summed E-state index contributed by atoms with van der Waals surface area (Å²) in [6, 6.07) is -4.74. The monoisotopic (exact) mass is 434 g/mol. The third-order valence-electron chi connectivity index (χ3n) is 4.43. The van der Waals surface area contributed by atoms with Crippen LogP contribution >= 0.6 is 12.6 Å². The molecule has 1 aliphatic rings. The molecule has 3 amide bonds. The summed E-state index contributed by atoms with van der Waals surface area (Å²) >= 11 is 3.87. The van der Waals surface area contributed by atoms with Crippen LogP contribution in [0, 0.1) is 0 Å². The molecule has 29 heavy (non-hydrogen) atoms. The number of likely N-dealkylation sites (tertiary alicyclic amines) is 1. The molecular formula is C16H26N4O8S. The molecule has 1 saturated heterocycles. The Balaban J connectivity index is 2.93. The molecule has 0 spiro atoms. The highest BCUT2D eigenvalue weighted by atomic mass is 32.1. The Morgan fingerprint density at radius 3 is 2.31 bits per heavy atom. The number of aliphatic hydroxyl groups is 1. The lowest BCUT2D eigenvalue weighted by Crippen LogP contribution is -2.57. The van der Waals surface area contributed by atoms with Crippen molar-refractivity contribution in [1.29, 1.82) is 0 Å². The van der Waals surface area contributed by atoms with Crippen LogP contribution < -0.4 is 16.4 Å². The van der Waals surface area contributed by atoms with E-state index in [1.54, 1.807) is 0 Å². The molecule has 0 radical (unpaired) electrons. The zero-order chi connectivity index (χ0) is 22.1. The summed E-state index contributed by atoms with van der Waals surface area (Å²) in [4.78, 5) is 60.5. The number of aliphatic hydroxyl groups excluding tert-OH is 1. The van der Waals surface area contributed by atoms with Crippen LogP contribution in [0.1, 0.15) is 25.7 Å². The van der Waals surface area contributed by atoms with Gasteiger partial charge in [-0.15, -0.1) is 0 Å². The number of hydrogen-bond donors (Lipinski definition) is 7. The second-order valence-electron chi connectivity index (χ2n) is 6.55. The van der Waals surface area contributed by atoms with Gasteiger partial charge < -0.3 is 36.6 Å². The van der Waals surface area contributed by atoms with E-state index in [2.05, 4.69) is 23.3 Å². The zero-order valence-electron chi connectivity index (χ0n) is 15.6. The molecule has 12 nitrogen and oxygen atoms in total. The Morgan fingerprint density at radius 2 is 1.79 bits per heavy atom. The Labute approximate surface area is 172 Å². The highest BCUT2D eigenvalue weighted by molar-refractivity contribution is 7.80. The van der Waals surface area contributed by atoms with E-state index in [9.17, 15) is 24.0 Å². The summed E-state index contributed by atoms with van der Waals surface area (Å²) in [5.41, 5.74) is 5.42. The second-order valence-corrected chi connectivity index (χ2v) is 6.92. The van der Waals surface area contributed by atoms with E-state index in [-0.39, 0.29) is 25.1 Å². The van der Waals surface area contributed by atoms with Crippen molar-refractivity contribution in [3.05, 3.63) is 0 Å². The SMILES string of the molecule is NC(CO)C(=O)NC(CCC(=O)O)C(=O)N1CCCC1C(=O)NC(CS)C(=O)O. The average molecular weight is 434 g/mol. The summed E-state index contributed by atoms with van der Waals surface area (Å²) in [5.74, 6) is -4.78. The Kier molecular flexibility index (Phi) is 9.85. The largest absolute Gasteiger partial charge is 0.481 e. The third kappa shape index (κ3) is 7.18. The molecule has 0 saturated carbocycles. The number of rotatable bonds is 11. The van der Waals surface area contributed by atoms with Gasteiger partial charge >= 0.3 is 11.9 Å². The van der Waals surface area contributed by atoms with Gasteiger partial charge in [-0.2, -0.15) is 12.6 Å². The Bertz CT molecular complexity index is 646. The van der Waals surface area contributed by atoms with Crippen LogP contribution in [-0.2, 0) is 24.0 Å². The number of amides is 3. The molecule has 1 rings (SSSR count). The smallest absolute Gasteiger partial charge is 0.327 e. The molecule has 0 aliphatic carbocycles. The predicted octanol–water partition coefficient (Wildman–Crippen LogP) is -2.85. The highest BCUT2D eigenvalue weighted by Crippen LogP contribution is 2.20. The lowest BCUT2D eigenvalue weighted by atomic mass is 10.1. The molecule has 1 heterocycles. The van der Waals surface area contributed by atoms with Gasteiger partial charge in [0, 0.05) is 18.7 Å². The van der Waals surface area contributed by atoms with E-state index >= 15 is 0 Å². The van der Waals surface area contributed by atoms with Crippen LogP contribution in [0.2, 0.25) is 0 Å². The summed E-state index contributed by atoms with van der Waals surface area (Å²) in [6.45, 7) is -0.484. The summed E-state index contributed by atoms with van der Waals surface area (Å²) in [5, 5.41) is 31.5. The molecule has 7 N–H and O–H groups in total. The first-order valence-corrected chi connectivity index (χ1v) is 9.58. The van der Waals surface area contributed by atoms with E-state index in [1.165, 1.54) is 4.90 Å². The lowest BCUT2D eigenvalue weighted by Gasteiger charge is -2.29. The van der Waals surface area contributed by atoms with Gasteiger partial charge in [-0.05, 0) is 19.3 Å². The average Bonchev–Trinajstić information content (AvgIpc) is 3.17. The van der Waals surface area contributed by atoms with Crippen molar-refractivity contribution in [1.82, 2.24) is 15.5 Å². The maximum absolute atomic E-state index is 12.9. The van der Waals surface area contributed by atoms with Gasteiger partial charge in [0.15, 0.2) is 0 Å². The number of carboxylic acids is 2. The second kappa shape index (κ2) is 11.6. The molecule has 1 aliphatic heterocycles. The number of nitrogens with one attached hydrogen (secondary N) is 2. The first-order chi connectivity index (χ1) is 13.6. The van der Waals surface area contributed by atoms with E-state index in [0.29, 0.717) is 6.42 Å². The Hall–Kier alpha value is -2.38. The number of nitrogens with zero attached hydrogens (tertiary/aromatic N) is 1. The fourth-order valence-corrected chi connectivity index (χ4v) is 3.09. The minimum absolute atomic E-state index is 0.141.